The predicted molar refractivity (Wildman–Crippen MR) is 108 cm³/mol. The van der Waals surface area contributed by atoms with Crippen molar-refractivity contribution in [3.05, 3.63) is 59.7 Å². The van der Waals surface area contributed by atoms with Gasteiger partial charge in [-0.05, 0) is 50.5 Å². The van der Waals surface area contributed by atoms with E-state index in [0.717, 1.165) is 11.8 Å². The first-order chi connectivity index (χ1) is 13.0. The standard InChI is InChI=1S/C21H27NO5S/c1-21(2,3)27-20(24)18(22-14-15-8-6-5-7-9-15)12-16-10-11-17(23)13-19(16)28(4,25)26/h5-11,13,18,22-23H,12,14H2,1-4H3/t18-/m0/s1. The summed E-state index contributed by atoms with van der Waals surface area (Å²) in [5.41, 5.74) is 0.764. The zero-order valence-corrected chi connectivity index (χ0v) is 17.4. The van der Waals surface area contributed by atoms with Gasteiger partial charge in [0.15, 0.2) is 9.84 Å². The number of rotatable bonds is 7. The van der Waals surface area contributed by atoms with Crippen LogP contribution < -0.4 is 5.32 Å². The largest absolute Gasteiger partial charge is 0.508 e. The molecule has 152 valence electrons. The lowest BCUT2D eigenvalue weighted by Gasteiger charge is -2.25. The number of carbonyl (C=O) groups excluding carboxylic acids is 1. The van der Waals surface area contributed by atoms with Crippen molar-refractivity contribution in [2.45, 2.75) is 50.3 Å². The fraction of sp³-hybridized carbons (Fsp3) is 0.381. The maximum atomic E-state index is 12.7. The van der Waals surface area contributed by atoms with Crippen molar-refractivity contribution >= 4 is 15.8 Å². The first-order valence-corrected chi connectivity index (χ1v) is 10.9. The zero-order chi connectivity index (χ0) is 20.9. The van der Waals surface area contributed by atoms with Gasteiger partial charge in [-0.2, -0.15) is 0 Å². The predicted octanol–water partition coefficient (Wildman–Crippen LogP) is 2.84. The molecule has 0 aromatic heterocycles. The van der Waals surface area contributed by atoms with Crippen LogP contribution in [-0.2, 0) is 32.3 Å². The van der Waals surface area contributed by atoms with Gasteiger partial charge in [-0.1, -0.05) is 36.4 Å². The van der Waals surface area contributed by atoms with Gasteiger partial charge in [0.05, 0.1) is 4.90 Å². The third kappa shape index (κ3) is 6.65. The number of phenolic OH excluding ortho intramolecular Hbond substituents is 1. The van der Waals surface area contributed by atoms with E-state index < -0.39 is 27.4 Å². The van der Waals surface area contributed by atoms with Gasteiger partial charge in [-0.3, -0.25) is 4.79 Å². The van der Waals surface area contributed by atoms with Gasteiger partial charge >= 0.3 is 5.97 Å². The summed E-state index contributed by atoms with van der Waals surface area (Å²) >= 11 is 0. The molecule has 6 nitrogen and oxygen atoms in total. The normalized spacial score (nSPS) is 13.1. The molecule has 0 aliphatic heterocycles. The molecule has 0 aliphatic carbocycles. The Kier molecular flexibility index (Phi) is 6.85. The number of carbonyl (C=O) groups is 1. The van der Waals surface area contributed by atoms with Crippen LogP contribution in [0.1, 0.15) is 31.9 Å². The maximum Gasteiger partial charge on any atom is 0.324 e. The van der Waals surface area contributed by atoms with Gasteiger partial charge in [0.2, 0.25) is 0 Å². The number of phenols is 1. The van der Waals surface area contributed by atoms with Gasteiger partial charge in [0.25, 0.3) is 0 Å². The number of hydrogen-bond donors (Lipinski definition) is 2. The van der Waals surface area contributed by atoms with Gasteiger partial charge in [0.1, 0.15) is 17.4 Å². The molecule has 0 aliphatic rings. The molecular formula is C21H27NO5S. The van der Waals surface area contributed by atoms with Crippen LogP contribution in [0.3, 0.4) is 0 Å². The van der Waals surface area contributed by atoms with E-state index in [9.17, 15) is 18.3 Å². The van der Waals surface area contributed by atoms with Crippen molar-refractivity contribution in [2.24, 2.45) is 0 Å². The Bertz CT molecular complexity index is 918. The number of ether oxygens (including phenoxy) is 1. The minimum atomic E-state index is -3.57. The lowest BCUT2D eigenvalue weighted by Crippen LogP contribution is -2.42. The molecule has 0 bridgehead atoms. The number of sulfone groups is 1. The lowest BCUT2D eigenvalue weighted by atomic mass is 10.0. The van der Waals surface area contributed by atoms with E-state index >= 15 is 0 Å². The Balaban J connectivity index is 2.30. The summed E-state index contributed by atoms with van der Waals surface area (Å²) < 4.78 is 29.7. The maximum absolute atomic E-state index is 12.7. The first kappa shape index (κ1) is 21.9. The second-order valence-corrected chi connectivity index (χ2v) is 9.71. The Hall–Kier alpha value is -2.38. The molecule has 0 radical (unpaired) electrons. The van der Waals surface area contributed by atoms with E-state index in [4.69, 9.17) is 4.74 Å². The van der Waals surface area contributed by atoms with Crippen LogP contribution in [0, 0.1) is 0 Å². The van der Waals surface area contributed by atoms with Crippen molar-refractivity contribution in [2.75, 3.05) is 6.26 Å². The Morgan fingerprint density at radius 1 is 1.14 bits per heavy atom. The Morgan fingerprint density at radius 2 is 1.79 bits per heavy atom. The van der Waals surface area contributed by atoms with E-state index in [2.05, 4.69) is 5.32 Å². The van der Waals surface area contributed by atoms with Gasteiger partial charge in [0, 0.05) is 12.8 Å². The molecule has 0 unspecified atom stereocenters. The molecule has 2 aromatic carbocycles. The summed E-state index contributed by atoms with van der Waals surface area (Å²) in [4.78, 5) is 12.7. The van der Waals surface area contributed by atoms with Crippen molar-refractivity contribution in [1.29, 1.82) is 0 Å². The Morgan fingerprint density at radius 3 is 2.36 bits per heavy atom. The number of esters is 1. The monoisotopic (exact) mass is 405 g/mol. The fourth-order valence-corrected chi connectivity index (χ4v) is 3.69. The van der Waals surface area contributed by atoms with Crippen molar-refractivity contribution in [3.8, 4) is 5.75 Å². The molecular weight excluding hydrogens is 378 g/mol. The molecule has 2 aromatic rings. The highest BCUT2D eigenvalue weighted by Gasteiger charge is 2.27. The second-order valence-electron chi connectivity index (χ2n) is 7.72. The number of aromatic hydroxyl groups is 1. The topological polar surface area (TPSA) is 92.7 Å². The summed E-state index contributed by atoms with van der Waals surface area (Å²) in [6.45, 7) is 5.77. The van der Waals surface area contributed by atoms with Crippen molar-refractivity contribution in [1.82, 2.24) is 5.32 Å². The summed E-state index contributed by atoms with van der Waals surface area (Å²) in [6, 6.07) is 13.0. The summed E-state index contributed by atoms with van der Waals surface area (Å²) in [6.07, 6.45) is 1.19. The smallest absolute Gasteiger partial charge is 0.324 e. The molecule has 1 atom stereocenters. The fourth-order valence-electron chi connectivity index (χ4n) is 2.73. The molecule has 0 spiro atoms. The van der Waals surface area contributed by atoms with Gasteiger partial charge in [-0.15, -0.1) is 0 Å². The summed E-state index contributed by atoms with van der Waals surface area (Å²) in [5.74, 6) is -0.605. The minimum Gasteiger partial charge on any atom is -0.508 e. The number of hydrogen-bond acceptors (Lipinski definition) is 6. The molecule has 2 N–H and O–H groups in total. The van der Waals surface area contributed by atoms with Crippen LogP contribution >= 0.6 is 0 Å². The van der Waals surface area contributed by atoms with E-state index in [1.807, 2.05) is 30.3 Å². The molecule has 2 rings (SSSR count). The highest BCUT2D eigenvalue weighted by Crippen LogP contribution is 2.23. The van der Waals surface area contributed by atoms with Gasteiger partial charge in [-0.25, -0.2) is 8.42 Å². The van der Waals surface area contributed by atoms with Crippen molar-refractivity contribution < 1.29 is 23.1 Å². The van der Waals surface area contributed by atoms with E-state index in [1.54, 1.807) is 20.8 Å². The van der Waals surface area contributed by atoms with Crippen LogP contribution in [0.5, 0.6) is 5.75 Å². The third-order valence-electron chi connectivity index (χ3n) is 3.96. The molecule has 0 amide bonds. The minimum absolute atomic E-state index is 0.00238. The van der Waals surface area contributed by atoms with Crippen molar-refractivity contribution in [3.63, 3.8) is 0 Å². The molecule has 0 heterocycles. The Labute approximate surface area is 166 Å². The molecule has 0 saturated heterocycles. The average Bonchev–Trinajstić information content (AvgIpc) is 2.58. The molecule has 28 heavy (non-hydrogen) atoms. The van der Waals surface area contributed by atoms with Crippen LogP contribution in [-0.4, -0.2) is 37.4 Å². The van der Waals surface area contributed by atoms with Crippen LogP contribution in [0.4, 0.5) is 0 Å². The van der Waals surface area contributed by atoms with E-state index in [-0.39, 0.29) is 17.1 Å². The lowest BCUT2D eigenvalue weighted by molar-refractivity contribution is -0.157. The molecule has 0 fully saturated rings. The van der Waals surface area contributed by atoms with E-state index in [1.165, 1.54) is 18.2 Å². The molecule has 0 saturated carbocycles. The van der Waals surface area contributed by atoms with E-state index in [0.29, 0.717) is 12.1 Å². The molecule has 7 heteroatoms. The third-order valence-corrected chi connectivity index (χ3v) is 5.14. The first-order valence-electron chi connectivity index (χ1n) is 8.98. The highest BCUT2D eigenvalue weighted by atomic mass is 32.2. The second kappa shape index (κ2) is 8.75. The SMILES string of the molecule is CC(C)(C)OC(=O)[C@H](Cc1ccc(O)cc1S(C)(=O)=O)NCc1ccccc1. The number of nitrogens with one attached hydrogen (secondary N) is 1. The van der Waals surface area contributed by atoms with Gasteiger partial charge < -0.3 is 15.2 Å². The average molecular weight is 406 g/mol. The quantitative estimate of drug-likeness (QED) is 0.688. The van der Waals surface area contributed by atoms with Crippen LogP contribution in [0.2, 0.25) is 0 Å². The summed E-state index contributed by atoms with van der Waals surface area (Å²) in [7, 11) is -3.57. The highest BCUT2D eigenvalue weighted by molar-refractivity contribution is 7.90. The summed E-state index contributed by atoms with van der Waals surface area (Å²) in [5, 5.41) is 12.8. The number of benzene rings is 2. The van der Waals surface area contributed by atoms with Crippen LogP contribution in [0.15, 0.2) is 53.4 Å². The van der Waals surface area contributed by atoms with Crippen LogP contribution in [0.25, 0.3) is 0 Å². The zero-order valence-electron chi connectivity index (χ0n) is 16.6.